The molecule has 2 aromatic carbocycles. The monoisotopic (exact) mass is 540 g/mol. The Morgan fingerprint density at radius 1 is 1.05 bits per heavy atom. The Balaban J connectivity index is 1.27. The minimum atomic E-state index is -0.698. The van der Waals surface area contributed by atoms with Crippen molar-refractivity contribution >= 4 is 41.0 Å². The van der Waals surface area contributed by atoms with E-state index in [-0.39, 0.29) is 30.9 Å². The lowest BCUT2D eigenvalue weighted by Gasteiger charge is -2.33. The SMILES string of the molecule is CCN1C(=O)NC(c2ccc(Cl)cc2Cl)C2=C1CN(CC(=O)N1CCC(Cc3ccccc3)CC1)C2=O. The molecule has 1 N–H and O–H groups in total. The number of benzene rings is 2. The number of carbonyl (C=O) groups excluding carboxylic acids is 3. The van der Waals surface area contributed by atoms with Crippen LogP contribution < -0.4 is 5.32 Å². The summed E-state index contributed by atoms with van der Waals surface area (Å²) in [6.45, 7) is 3.86. The lowest BCUT2D eigenvalue weighted by Crippen LogP contribution is -2.47. The third kappa shape index (κ3) is 5.20. The highest BCUT2D eigenvalue weighted by atomic mass is 35.5. The van der Waals surface area contributed by atoms with Gasteiger partial charge < -0.3 is 15.1 Å². The van der Waals surface area contributed by atoms with Crippen LogP contribution in [0.25, 0.3) is 0 Å². The molecule has 3 heterocycles. The summed E-state index contributed by atoms with van der Waals surface area (Å²) in [5.41, 5.74) is 3.01. The number of likely N-dealkylation sites (N-methyl/N-ethyl adjacent to an activating group) is 1. The second-order valence-electron chi connectivity index (χ2n) is 9.83. The Labute approximate surface area is 227 Å². The number of nitrogens with one attached hydrogen (secondary N) is 1. The van der Waals surface area contributed by atoms with Gasteiger partial charge >= 0.3 is 6.03 Å². The highest BCUT2D eigenvalue weighted by Crippen LogP contribution is 2.39. The van der Waals surface area contributed by atoms with Crippen molar-refractivity contribution in [3.63, 3.8) is 0 Å². The first-order valence-corrected chi connectivity index (χ1v) is 13.5. The molecule has 1 saturated heterocycles. The van der Waals surface area contributed by atoms with Crippen LogP contribution in [0.3, 0.4) is 0 Å². The van der Waals surface area contributed by atoms with Gasteiger partial charge in [0.05, 0.1) is 23.9 Å². The van der Waals surface area contributed by atoms with Crippen LogP contribution >= 0.6 is 23.2 Å². The molecule has 0 bridgehead atoms. The first kappa shape index (κ1) is 25.6. The first-order chi connectivity index (χ1) is 17.9. The summed E-state index contributed by atoms with van der Waals surface area (Å²) in [5.74, 6) is 0.237. The molecule has 0 spiro atoms. The highest BCUT2D eigenvalue weighted by molar-refractivity contribution is 6.35. The minimum Gasteiger partial charge on any atom is -0.341 e. The van der Waals surface area contributed by atoms with E-state index in [1.54, 1.807) is 28.0 Å². The minimum absolute atomic E-state index is 0.0119. The average molecular weight is 541 g/mol. The normalized spacial score (nSPS) is 20.4. The summed E-state index contributed by atoms with van der Waals surface area (Å²) in [4.78, 5) is 44.7. The van der Waals surface area contributed by atoms with Crippen molar-refractivity contribution in [2.75, 3.05) is 32.7 Å². The molecule has 3 aliphatic heterocycles. The van der Waals surface area contributed by atoms with E-state index in [1.165, 1.54) is 5.56 Å². The number of hydrogen-bond acceptors (Lipinski definition) is 3. The van der Waals surface area contributed by atoms with Crippen molar-refractivity contribution in [2.24, 2.45) is 5.92 Å². The number of hydrogen-bond donors (Lipinski definition) is 1. The van der Waals surface area contributed by atoms with Gasteiger partial charge in [-0.3, -0.25) is 14.5 Å². The number of urea groups is 1. The van der Waals surface area contributed by atoms with Crippen molar-refractivity contribution in [2.45, 2.75) is 32.2 Å². The van der Waals surface area contributed by atoms with Gasteiger partial charge in [0.15, 0.2) is 0 Å². The van der Waals surface area contributed by atoms with Gasteiger partial charge in [-0.05, 0) is 55.4 Å². The number of likely N-dealkylation sites (tertiary alicyclic amines) is 1. The quantitative estimate of drug-likeness (QED) is 0.579. The van der Waals surface area contributed by atoms with Crippen LogP contribution in [-0.4, -0.2) is 65.3 Å². The van der Waals surface area contributed by atoms with Crippen LogP contribution in [0.1, 0.15) is 36.9 Å². The van der Waals surface area contributed by atoms with E-state index < -0.39 is 6.04 Å². The molecule has 7 nitrogen and oxygen atoms in total. The Morgan fingerprint density at radius 3 is 2.46 bits per heavy atom. The Kier molecular flexibility index (Phi) is 7.45. The smallest absolute Gasteiger partial charge is 0.322 e. The lowest BCUT2D eigenvalue weighted by atomic mass is 9.90. The highest BCUT2D eigenvalue weighted by Gasteiger charge is 2.44. The zero-order valence-corrected chi connectivity index (χ0v) is 22.3. The molecule has 0 radical (unpaired) electrons. The van der Waals surface area contributed by atoms with E-state index in [0.29, 0.717) is 52.4 Å². The van der Waals surface area contributed by atoms with E-state index in [1.807, 2.05) is 17.9 Å². The van der Waals surface area contributed by atoms with Crippen molar-refractivity contribution < 1.29 is 14.4 Å². The molecule has 37 heavy (non-hydrogen) atoms. The van der Waals surface area contributed by atoms with Crippen LogP contribution in [0, 0.1) is 5.92 Å². The topological polar surface area (TPSA) is 73.0 Å². The fraction of sp³-hybridized carbons (Fsp3) is 0.393. The molecular formula is C28H30Cl2N4O3. The third-order valence-electron chi connectivity index (χ3n) is 7.55. The number of carbonyl (C=O) groups is 3. The Bertz CT molecular complexity index is 1240. The van der Waals surface area contributed by atoms with Gasteiger partial charge in [0, 0.05) is 29.7 Å². The molecule has 0 aliphatic carbocycles. The molecule has 3 aliphatic rings. The van der Waals surface area contributed by atoms with Gasteiger partial charge in [0.25, 0.3) is 5.91 Å². The zero-order valence-electron chi connectivity index (χ0n) is 20.8. The predicted molar refractivity (Wildman–Crippen MR) is 143 cm³/mol. The van der Waals surface area contributed by atoms with Gasteiger partial charge in [-0.2, -0.15) is 0 Å². The Hall–Kier alpha value is -3.03. The van der Waals surface area contributed by atoms with Crippen molar-refractivity contribution in [3.8, 4) is 0 Å². The van der Waals surface area contributed by atoms with Gasteiger partial charge in [-0.1, -0.05) is 59.6 Å². The zero-order chi connectivity index (χ0) is 26.1. The van der Waals surface area contributed by atoms with Crippen LogP contribution in [0.15, 0.2) is 59.8 Å². The van der Waals surface area contributed by atoms with E-state index in [9.17, 15) is 14.4 Å². The molecule has 2 aromatic rings. The second kappa shape index (κ2) is 10.8. The number of halogens is 2. The number of rotatable bonds is 6. The van der Waals surface area contributed by atoms with E-state index in [2.05, 4.69) is 29.6 Å². The average Bonchev–Trinajstić information content (AvgIpc) is 3.20. The molecule has 0 saturated carbocycles. The fourth-order valence-corrected chi connectivity index (χ4v) is 6.09. The van der Waals surface area contributed by atoms with Gasteiger partial charge in [-0.15, -0.1) is 0 Å². The van der Waals surface area contributed by atoms with Crippen LogP contribution in [0.5, 0.6) is 0 Å². The predicted octanol–water partition coefficient (Wildman–Crippen LogP) is 4.66. The molecule has 0 aromatic heterocycles. The van der Waals surface area contributed by atoms with Crippen molar-refractivity contribution in [3.05, 3.63) is 81.0 Å². The summed E-state index contributed by atoms with van der Waals surface area (Å²) in [6.07, 6.45) is 2.91. The molecule has 194 valence electrons. The lowest BCUT2D eigenvalue weighted by molar-refractivity contribution is -0.138. The third-order valence-corrected chi connectivity index (χ3v) is 8.11. The second-order valence-corrected chi connectivity index (χ2v) is 10.7. The summed E-state index contributed by atoms with van der Waals surface area (Å²) in [7, 11) is 0. The van der Waals surface area contributed by atoms with Crippen LogP contribution in [0.4, 0.5) is 4.79 Å². The molecule has 4 amide bonds. The summed E-state index contributed by atoms with van der Waals surface area (Å²) >= 11 is 12.5. The summed E-state index contributed by atoms with van der Waals surface area (Å²) in [5, 5.41) is 3.76. The maximum absolute atomic E-state index is 13.6. The van der Waals surface area contributed by atoms with E-state index >= 15 is 0 Å². The van der Waals surface area contributed by atoms with Crippen molar-refractivity contribution in [1.29, 1.82) is 0 Å². The molecule has 1 atom stereocenters. The van der Waals surface area contributed by atoms with E-state index in [0.717, 1.165) is 19.3 Å². The maximum Gasteiger partial charge on any atom is 0.322 e. The maximum atomic E-state index is 13.6. The number of amides is 4. The fourth-order valence-electron chi connectivity index (χ4n) is 5.58. The van der Waals surface area contributed by atoms with Crippen molar-refractivity contribution in [1.82, 2.24) is 20.0 Å². The standard InChI is InChI=1S/C28H30Cl2N4O3/c1-2-34-23-16-33(17-24(35)32-12-10-19(11-13-32)14-18-6-4-3-5-7-18)27(36)25(23)26(31-28(34)37)21-9-8-20(29)15-22(21)30/h3-9,15,19,26H,2,10-14,16-17H2,1H3,(H,31,37). The largest absolute Gasteiger partial charge is 0.341 e. The van der Waals surface area contributed by atoms with Gasteiger partial charge in [-0.25, -0.2) is 4.79 Å². The molecule has 1 unspecified atom stereocenters. The summed E-state index contributed by atoms with van der Waals surface area (Å²) in [6, 6.07) is 14.4. The van der Waals surface area contributed by atoms with E-state index in [4.69, 9.17) is 23.2 Å². The number of piperidine rings is 1. The van der Waals surface area contributed by atoms with Crippen LogP contribution in [-0.2, 0) is 16.0 Å². The van der Waals surface area contributed by atoms with Crippen LogP contribution in [0.2, 0.25) is 10.0 Å². The number of nitrogens with zero attached hydrogens (tertiary/aromatic N) is 3. The first-order valence-electron chi connectivity index (χ1n) is 12.7. The molecule has 1 fully saturated rings. The summed E-state index contributed by atoms with van der Waals surface area (Å²) < 4.78 is 0. The van der Waals surface area contributed by atoms with Gasteiger partial charge in [0.1, 0.15) is 6.54 Å². The molecule has 9 heteroatoms. The molecule has 5 rings (SSSR count). The van der Waals surface area contributed by atoms with Gasteiger partial charge in [0.2, 0.25) is 5.91 Å². The Morgan fingerprint density at radius 2 is 1.78 bits per heavy atom. The molecular weight excluding hydrogens is 511 g/mol.